The molecule has 0 aliphatic rings. The van der Waals surface area contributed by atoms with Crippen molar-refractivity contribution in [3.63, 3.8) is 0 Å². The van der Waals surface area contributed by atoms with Gasteiger partial charge in [-0.3, -0.25) is 0 Å². The van der Waals surface area contributed by atoms with Crippen LogP contribution < -0.4 is 0 Å². The maximum absolute atomic E-state index is 9.57. The Balaban J connectivity index is 2.98. The highest BCUT2D eigenvalue weighted by atomic mass is 16.3. The third kappa shape index (κ3) is 13.9. The minimum Gasteiger partial charge on any atom is -0.393 e. The van der Waals surface area contributed by atoms with E-state index in [-0.39, 0.29) is 6.10 Å². The van der Waals surface area contributed by atoms with Crippen LogP contribution >= 0.6 is 0 Å². The first-order valence-electron chi connectivity index (χ1n) is 7.99. The predicted octanol–water partition coefficient (Wildman–Crippen LogP) is 5.46. The van der Waals surface area contributed by atoms with Gasteiger partial charge >= 0.3 is 0 Å². The van der Waals surface area contributed by atoms with E-state index >= 15 is 0 Å². The SMILES string of the molecule is CCCCCCCCCCCCC(O)CCC. The van der Waals surface area contributed by atoms with Gasteiger partial charge < -0.3 is 5.11 Å². The Morgan fingerprint density at radius 2 is 1.06 bits per heavy atom. The van der Waals surface area contributed by atoms with Crippen molar-refractivity contribution in [2.45, 2.75) is 103 Å². The van der Waals surface area contributed by atoms with Crippen LogP contribution in [0.1, 0.15) is 97.3 Å². The second-order valence-corrected chi connectivity index (χ2v) is 5.41. The molecule has 1 nitrogen and oxygen atoms in total. The van der Waals surface area contributed by atoms with E-state index < -0.39 is 0 Å². The van der Waals surface area contributed by atoms with Gasteiger partial charge in [0.2, 0.25) is 0 Å². The standard InChI is InChI=1S/C16H34O/c1-3-5-6-7-8-9-10-11-12-13-15-16(17)14-4-2/h16-17H,3-15H2,1-2H3. The molecule has 0 aliphatic heterocycles. The van der Waals surface area contributed by atoms with Gasteiger partial charge in [0, 0.05) is 0 Å². The molecule has 1 heteroatoms. The van der Waals surface area contributed by atoms with Crippen LogP contribution in [-0.4, -0.2) is 11.2 Å². The minimum atomic E-state index is -0.0333. The van der Waals surface area contributed by atoms with Crippen LogP contribution in [0.15, 0.2) is 0 Å². The van der Waals surface area contributed by atoms with Crippen molar-refractivity contribution in [1.29, 1.82) is 0 Å². The molecule has 1 N–H and O–H groups in total. The number of hydrogen-bond acceptors (Lipinski definition) is 1. The van der Waals surface area contributed by atoms with Crippen LogP contribution in [0.3, 0.4) is 0 Å². The summed E-state index contributed by atoms with van der Waals surface area (Å²) in [6.45, 7) is 4.41. The number of hydrogen-bond donors (Lipinski definition) is 1. The predicted molar refractivity (Wildman–Crippen MR) is 77.4 cm³/mol. The summed E-state index contributed by atoms with van der Waals surface area (Å²) in [4.78, 5) is 0. The first-order valence-corrected chi connectivity index (χ1v) is 7.99. The van der Waals surface area contributed by atoms with Crippen molar-refractivity contribution in [3.05, 3.63) is 0 Å². The molecule has 0 spiro atoms. The summed E-state index contributed by atoms with van der Waals surface area (Å²) < 4.78 is 0. The van der Waals surface area contributed by atoms with Gasteiger partial charge in [-0.15, -0.1) is 0 Å². The van der Waals surface area contributed by atoms with Gasteiger partial charge in [0.15, 0.2) is 0 Å². The summed E-state index contributed by atoms with van der Waals surface area (Å²) in [7, 11) is 0. The largest absolute Gasteiger partial charge is 0.393 e. The highest BCUT2D eigenvalue weighted by Crippen LogP contribution is 2.13. The van der Waals surface area contributed by atoms with E-state index in [1.54, 1.807) is 0 Å². The van der Waals surface area contributed by atoms with Gasteiger partial charge in [-0.05, 0) is 12.8 Å². The van der Waals surface area contributed by atoms with Gasteiger partial charge in [0.25, 0.3) is 0 Å². The second kappa shape index (κ2) is 14.0. The highest BCUT2D eigenvalue weighted by molar-refractivity contribution is 4.55. The summed E-state index contributed by atoms with van der Waals surface area (Å²) in [5, 5.41) is 9.57. The average Bonchev–Trinajstić information content (AvgIpc) is 2.32. The fourth-order valence-corrected chi connectivity index (χ4v) is 2.34. The third-order valence-electron chi connectivity index (χ3n) is 3.51. The van der Waals surface area contributed by atoms with E-state index in [0.29, 0.717) is 0 Å². The van der Waals surface area contributed by atoms with Crippen LogP contribution in [0, 0.1) is 0 Å². The van der Waals surface area contributed by atoms with Gasteiger partial charge in [-0.2, -0.15) is 0 Å². The highest BCUT2D eigenvalue weighted by Gasteiger charge is 2.01. The smallest absolute Gasteiger partial charge is 0.0540 e. The normalized spacial score (nSPS) is 12.9. The second-order valence-electron chi connectivity index (χ2n) is 5.41. The first kappa shape index (κ1) is 17.0. The van der Waals surface area contributed by atoms with E-state index in [0.717, 1.165) is 19.3 Å². The zero-order valence-electron chi connectivity index (χ0n) is 12.2. The van der Waals surface area contributed by atoms with E-state index in [1.165, 1.54) is 64.2 Å². The zero-order chi connectivity index (χ0) is 12.8. The number of aliphatic hydroxyl groups is 1. The number of unbranched alkanes of at least 4 members (excludes halogenated alkanes) is 9. The summed E-state index contributed by atoms with van der Waals surface area (Å²) in [6.07, 6.45) is 16.8. The first-order chi connectivity index (χ1) is 8.31. The fraction of sp³-hybridized carbons (Fsp3) is 1.00. The van der Waals surface area contributed by atoms with Crippen molar-refractivity contribution < 1.29 is 5.11 Å². The van der Waals surface area contributed by atoms with Gasteiger partial charge in [0.05, 0.1) is 6.10 Å². The number of rotatable bonds is 13. The average molecular weight is 242 g/mol. The van der Waals surface area contributed by atoms with Gasteiger partial charge in [0.1, 0.15) is 0 Å². The topological polar surface area (TPSA) is 20.2 Å². The molecule has 0 radical (unpaired) electrons. The molecule has 17 heavy (non-hydrogen) atoms. The van der Waals surface area contributed by atoms with Crippen LogP contribution in [0.2, 0.25) is 0 Å². The van der Waals surface area contributed by atoms with E-state index in [4.69, 9.17) is 0 Å². The minimum absolute atomic E-state index is 0.0333. The van der Waals surface area contributed by atoms with Crippen LogP contribution in [0.25, 0.3) is 0 Å². The maximum atomic E-state index is 9.57. The molecule has 0 saturated carbocycles. The molecular weight excluding hydrogens is 208 g/mol. The summed E-state index contributed by atoms with van der Waals surface area (Å²) in [5.41, 5.74) is 0. The van der Waals surface area contributed by atoms with Crippen molar-refractivity contribution in [2.75, 3.05) is 0 Å². The summed E-state index contributed by atoms with van der Waals surface area (Å²) in [5.74, 6) is 0. The Morgan fingerprint density at radius 3 is 1.53 bits per heavy atom. The zero-order valence-corrected chi connectivity index (χ0v) is 12.2. The molecule has 0 amide bonds. The van der Waals surface area contributed by atoms with E-state index in [2.05, 4.69) is 13.8 Å². The molecular formula is C16H34O. The molecule has 0 saturated heterocycles. The van der Waals surface area contributed by atoms with Gasteiger partial charge in [-0.25, -0.2) is 0 Å². The van der Waals surface area contributed by atoms with Crippen LogP contribution in [0.5, 0.6) is 0 Å². The van der Waals surface area contributed by atoms with Crippen molar-refractivity contribution in [2.24, 2.45) is 0 Å². The Labute approximate surface area is 109 Å². The van der Waals surface area contributed by atoms with Crippen molar-refractivity contribution >= 4 is 0 Å². The molecule has 0 aromatic carbocycles. The van der Waals surface area contributed by atoms with Crippen LogP contribution in [-0.2, 0) is 0 Å². The Morgan fingerprint density at radius 1 is 0.588 bits per heavy atom. The quantitative estimate of drug-likeness (QED) is 0.425. The van der Waals surface area contributed by atoms with Crippen molar-refractivity contribution in [1.82, 2.24) is 0 Å². The molecule has 1 unspecified atom stereocenters. The molecule has 0 fully saturated rings. The lowest BCUT2D eigenvalue weighted by Gasteiger charge is -2.08. The van der Waals surface area contributed by atoms with Gasteiger partial charge in [-0.1, -0.05) is 84.5 Å². The number of aliphatic hydroxyl groups excluding tert-OH is 1. The molecule has 104 valence electrons. The van der Waals surface area contributed by atoms with E-state index in [9.17, 15) is 5.11 Å². The lowest BCUT2D eigenvalue weighted by atomic mass is 10.0. The molecule has 1 atom stereocenters. The molecule has 0 aliphatic carbocycles. The molecule has 0 aromatic heterocycles. The molecule has 0 heterocycles. The Kier molecular flexibility index (Phi) is 14.0. The van der Waals surface area contributed by atoms with Crippen molar-refractivity contribution in [3.8, 4) is 0 Å². The monoisotopic (exact) mass is 242 g/mol. The molecule has 0 rings (SSSR count). The molecule has 0 bridgehead atoms. The Hall–Kier alpha value is -0.0400. The fourth-order valence-electron chi connectivity index (χ4n) is 2.34. The molecule has 0 aromatic rings. The van der Waals surface area contributed by atoms with E-state index in [1.807, 2.05) is 0 Å². The Bertz CT molecular complexity index is 133. The third-order valence-corrected chi connectivity index (χ3v) is 3.51. The van der Waals surface area contributed by atoms with Crippen LogP contribution in [0.4, 0.5) is 0 Å². The lowest BCUT2D eigenvalue weighted by Crippen LogP contribution is -2.04. The lowest BCUT2D eigenvalue weighted by molar-refractivity contribution is 0.150. The maximum Gasteiger partial charge on any atom is 0.0540 e. The summed E-state index contributed by atoms with van der Waals surface area (Å²) in [6, 6.07) is 0. The summed E-state index contributed by atoms with van der Waals surface area (Å²) >= 11 is 0.